The van der Waals surface area contributed by atoms with Gasteiger partial charge in [0.05, 0.1) is 11.0 Å². The highest BCUT2D eigenvalue weighted by atomic mass is 32.2. The van der Waals surface area contributed by atoms with E-state index < -0.39 is 24.4 Å². The minimum absolute atomic E-state index is 0.170. The first-order chi connectivity index (χ1) is 8.69. The van der Waals surface area contributed by atoms with Crippen molar-refractivity contribution in [3.63, 3.8) is 0 Å². The lowest BCUT2D eigenvalue weighted by atomic mass is 10.1. The smallest absolute Gasteiger partial charge is 0.240 e. The number of rotatable bonds is 5. The molecule has 1 atom stereocenters. The molecule has 5 nitrogen and oxygen atoms in total. The highest BCUT2D eigenvalue weighted by molar-refractivity contribution is 7.89. The topological polar surface area (TPSA) is 79.2 Å². The predicted molar refractivity (Wildman–Crippen MR) is 75.5 cm³/mol. The third-order valence-electron chi connectivity index (χ3n) is 2.35. The molecule has 0 spiro atoms. The minimum atomic E-state index is -3.45. The van der Waals surface area contributed by atoms with E-state index in [9.17, 15) is 8.42 Å². The standard InChI is InChI=1S/C12H18N2O3SSi/c1-14-18(15,16)11-7-5-10(6-8-11)12(9-13)17-19(2,3)4/h5-8,12,14H,1-4H3. The number of sulfonamides is 1. The van der Waals surface area contributed by atoms with E-state index in [-0.39, 0.29) is 4.90 Å². The maximum Gasteiger partial charge on any atom is 0.240 e. The zero-order valence-electron chi connectivity index (χ0n) is 11.5. The third-order valence-corrected chi connectivity index (χ3v) is 4.72. The van der Waals surface area contributed by atoms with Crippen LogP contribution in [0.4, 0.5) is 0 Å². The molecule has 0 aliphatic rings. The van der Waals surface area contributed by atoms with Crippen LogP contribution in [0.3, 0.4) is 0 Å². The van der Waals surface area contributed by atoms with Crippen molar-refractivity contribution in [1.29, 1.82) is 5.26 Å². The molecule has 0 aliphatic carbocycles. The van der Waals surface area contributed by atoms with E-state index in [0.29, 0.717) is 5.56 Å². The second kappa shape index (κ2) is 5.84. The first-order valence-electron chi connectivity index (χ1n) is 5.80. The molecule has 0 radical (unpaired) electrons. The second-order valence-corrected chi connectivity index (χ2v) is 11.4. The van der Waals surface area contributed by atoms with E-state index in [0.717, 1.165) is 0 Å². The molecule has 0 aliphatic heterocycles. The van der Waals surface area contributed by atoms with Crippen LogP contribution in [0, 0.1) is 11.3 Å². The maximum absolute atomic E-state index is 11.6. The van der Waals surface area contributed by atoms with Crippen molar-refractivity contribution >= 4 is 18.3 Å². The fraction of sp³-hybridized carbons (Fsp3) is 0.417. The van der Waals surface area contributed by atoms with Gasteiger partial charge in [0.15, 0.2) is 14.4 Å². The Morgan fingerprint density at radius 2 is 1.79 bits per heavy atom. The van der Waals surface area contributed by atoms with Crippen molar-refractivity contribution in [3.05, 3.63) is 29.8 Å². The van der Waals surface area contributed by atoms with Crippen LogP contribution >= 0.6 is 0 Å². The molecular weight excluding hydrogens is 280 g/mol. The second-order valence-electron chi connectivity index (χ2n) is 5.02. The molecule has 0 saturated carbocycles. The molecule has 0 bridgehead atoms. The highest BCUT2D eigenvalue weighted by Gasteiger charge is 2.22. The molecule has 19 heavy (non-hydrogen) atoms. The summed E-state index contributed by atoms with van der Waals surface area (Å²) < 4.78 is 31.1. The largest absolute Gasteiger partial charge is 0.399 e. The van der Waals surface area contributed by atoms with Crippen molar-refractivity contribution in [2.24, 2.45) is 0 Å². The van der Waals surface area contributed by atoms with Crippen LogP contribution in [0.1, 0.15) is 11.7 Å². The number of nitrogens with one attached hydrogen (secondary N) is 1. The zero-order chi connectivity index (χ0) is 14.7. The quantitative estimate of drug-likeness (QED) is 0.843. The number of nitrogens with zero attached hydrogens (tertiary/aromatic N) is 1. The number of hydrogen-bond acceptors (Lipinski definition) is 4. The van der Waals surface area contributed by atoms with E-state index in [1.807, 2.05) is 19.6 Å². The van der Waals surface area contributed by atoms with Crippen molar-refractivity contribution < 1.29 is 12.8 Å². The summed E-state index contributed by atoms with van der Waals surface area (Å²) in [6, 6.07) is 8.26. The molecule has 1 rings (SSSR count). The van der Waals surface area contributed by atoms with E-state index in [1.165, 1.54) is 19.2 Å². The maximum atomic E-state index is 11.6. The average Bonchev–Trinajstić information content (AvgIpc) is 2.35. The van der Waals surface area contributed by atoms with Crippen LogP contribution in [0.15, 0.2) is 29.2 Å². The van der Waals surface area contributed by atoms with Gasteiger partial charge in [0.1, 0.15) is 0 Å². The molecule has 1 aromatic carbocycles. The molecule has 7 heteroatoms. The number of hydrogen-bond donors (Lipinski definition) is 1. The molecule has 0 aromatic heterocycles. The SMILES string of the molecule is CNS(=O)(=O)c1ccc(C(C#N)O[Si](C)(C)C)cc1. The lowest BCUT2D eigenvalue weighted by molar-refractivity contribution is 0.255. The van der Waals surface area contributed by atoms with Gasteiger partial charge in [0.25, 0.3) is 0 Å². The molecule has 0 heterocycles. The van der Waals surface area contributed by atoms with Crippen LogP contribution in [0.5, 0.6) is 0 Å². The van der Waals surface area contributed by atoms with Gasteiger partial charge in [0.2, 0.25) is 10.0 Å². The van der Waals surface area contributed by atoms with Gasteiger partial charge in [-0.15, -0.1) is 0 Å². The Labute approximate surface area is 115 Å². The fourth-order valence-electron chi connectivity index (χ4n) is 1.46. The Balaban J connectivity index is 3.02. The summed E-state index contributed by atoms with van der Waals surface area (Å²) in [7, 11) is -3.93. The van der Waals surface area contributed by atoms with Gasteiger partial charge in [-0.05, 0) is 44.4 Å². The van der Waals surface area contributed by atoms with Gasteiger partial charge >= 0.3 is 0 Å². The van der Waals surface area contributed by atoms with E-state index in [1.54, 1.807) is 12.1 Å². The van der Waals surface area contributed by atoms with Crippen LogP contribution in [-0.4, -0.2) is 23.8 Å². The zero-order valence-corrected chi connectivity index (χ0v) is 13.3. The number of benzene rings is 1. The summed E-state index contributed by atoms with van der Waals surface area (Å²) in [5, 5.41) is 9.13. The van der Waals surface area contributed by atoms with Gasteiger partial charge in [-0.3, -0.25) is 0 Å². The van der Waals surface area contributed by atoms with Gasteiger partial charge in [0, 0.05) is 0 Å². The van der Waals surface area contributed by atoms with Crippen molar-refractivity contribution in [2.45, 2.75) is 30.6 Å². The van der Waals surface area contributed by atoms with Crippen molar-refractivity contribution in [3.8, 4) is 6.07 Å². The van der Waals surface area contributed by atoms with Crippen molar-refractivity contribution in [1.82, 2.24) is 4.72 Å². The Morgan fingerprint density at radius 3 is 2.16 bits per heavy atom. The fourth-order valence-corrected chi connectivity index (χ4v) is 3.09. The number of nitriles is 1. The lowest BCUT2D eigenvalue weighted by Crippen LogP contribution is -2.27. The van der Waals surface area contributed by atoms with Gasteiger partial charge in [-0.25, -0.2) is 13.1 Å². The summed E-state index contributed by atoms with van der Waals surface area (Å²) in [6.07, 6.45) is -0.655. The Kier molecular flexibility index (Phi) is 4.87. The van der Waals surface area contributed by atoms with Crippen LogP contribution in [0.25, 0.3) is 0 Å². The molecule has 1 N–H and O–H groups in total. The monoisotopic (exact) mass is 298 g/mol. The molecule has 0 fully saturated rings. The first kappa shape index (κ1) is 15.9. The Hall–Kier alpha value is -1.20. The predicted octanol–water partition coefficient (Wildman–Crippen LogP) is 2.01. The Morgan fingerprint density at radius 1 is 1.26 bits per heavy atom. The molecule has 1 unspecified atom stereocenters. The molecular formula is C12H18N2O3SSi. The lowest BCUT2D eigenvalue weighted by Gasteiger charge is -2.21. The van der Waals surface area contributed by atoms with Crippen LogP contribution in [0.2, 0.25) is 19.6 Å². The summed E-state index contributed by atoms with van der Waals surface area (Å²) >= 11 is 0. The third kappa shape index (κ3) is 4.43. The Bertz CT molecular complexity index is 570. The van der Waals surface area contributed by atoms with E-state index >= 15 is 0 Å². The van der Waals surface area contributed by atoms with Gasteiger partial charge < -0.3 is 4.43 Å². The van der Waals surface area contributed by atoms with Gasteiger partial charge in [-0.2, -0.15) is 5.26 Å². The molecule has 0 saturated heterocycles. The minimum Gasteiger partial charge on any atom is -0.399 e. The highest BCUT2D eigenvalue weighted by Crippen LogP contribution is 2.22. The molecule has 1 aromatic rings. The summed E-state index contributed by atoms with van der Waals surface area (Å²) in [5.74, 6) is 0. The van der Waals surface area contributed by atoms with E-state index in [4.69, 9.17) is 9.69 Å². The summed E-state index contributed by atoms with van der Waals surface area (Å²) in [6.45, 7) is 5.99. The van der Waals surface area contributed by atoms with Crippen LogP contribution < -0.4 is 4.72 Å². The van der Waals surface area contributed by atoms with E-state index in [2.05, 4.69) is 10.8 Å². The summed E-state index contributed by atoms with van der Waals surface area (Å²) in [4.78, 5) is 0.170. The summed E-state index contributed by atoms with van der Waals surface area (Å²) in [5.41, 5.74) is 0.667. The van der Waals surface area contributed by atoms with Gasteiger partial charge in [-0.1, -0.05) is 12.1 Å². The molecule has 0 amide bonds. The average molecular weight is 298 g/mol. The normalized spacial score (nSPS) is 13.8. The van der Waals surface area contributed by atoms with Crippen molar-refractivity contribution in [2.75, 3.05) is 7.05 Å². The molecule has 104 valence electrons. The first-order valence-corrected chi connectivity index (χ1v) is 10.7. The van der Waals surface area contributed by atoms with Crippen LogP contribution in [-0.2, 0) is 14.4 Å².